The molecular formula is C12H5AgCsN6O14. The molecule has 2 rings (SSSR count). The normalized spacial score (nSPS) is 9.18. The third-order valence-electron chi connectivity index (χ3n) is 3.30. The minimum Gasteiger partial charge on any atom is -0.863 e. The molecule has 22 heteroatoms. The average Bonchev–Trinajstić information content (AvgIpc) is 2.67. The monoisotopic (exact) mass is 697 g/mol. The van der Waals surface area contributed by atoms with E-state index in [4.69, 9.17) is 5.11 Å². The van der Waals surface area contributed by atoms with Crippen molar-refractivity contribution >= 4 is 34.1 Å². The third-order valence-corrected chi connectivity index (χ3v) is 3.30. The van der Waals surface area contributed by atoms with Crippen LogP contribution in [-0.4, -0.2) is 34.6 Å². The van der Waals surface area contributed by atoms with E-state index in [1.807, 2.05) is 0 Å². The minimum absolute atomic E-state index is 0. The smallest absolute Gasteiger partial charge is 0.863 e. The van der Waals surface area contributed by atoms with Crippen molar-refractivity contribution in [2.24, 2.45) is 0 Å². The fraction of sp³-hybridized carbons (Fsp3) is 0. The summed E-state index contributed by atoms with van der Waals surface area (Å²) in [6.07, 6.45) is 0. The molecule has 0 bridgehead atoms. The molecule has 0 fully saturated rings. The molecule has 34 heavy (non-hydrogen) atoms. The van der Waals surface area contributed by atoms with Crippen LogP contribution in [-0.2, 0) is 22.4 Å². The number of hydrogen-bond acceptors (Lipinski definition) is 14. The number of benzene rings is 2. The van der Waals surface area contributed by atoms with Gasteiger partial charge in [0.25, 0.3) is 28.5 Å². The number of nitro groups is 6. The molecule has 0 aliphatic rings. The van der Waals surface area contributed by atoms with Crippen molar-refractivity contribution in [2.45, 2.75) is 0 Å². The van der Waals surface area contributed by atoms with Gasteiger partial charge in [0.1, 0.15) is 0 Å². The molecule has 0 aliphatic carbocycles. The first-order chi connectivity index (χ1) is 14.7. The molecule has 179 valence electrons. The number of hydrogen-bond donors (Lipinski definition) is 1. The summed E-state index contributed by atoms with van der Waals surface area (Å²) in [6, 6.07) is 1.66. The maximum Gasteiger partial charge on any atom is 1.00 e. The second-order valence-electron chi connectivity index (χ2n) is 5.19. The van der Waals surface area contributed by atoms with E-state index in [-0.39, 0.29) is 91.3 Å². The van der Waals surface area contributed by atoms with Gasteiger partial charge in [0, 0.05) is 22.4 Å². The number of phenolic OH excluding ortho intramolecular Hbond substituents is 1. The van der Waals surface area contributed by atoms with E-state index in [0.29, 0.717) is 24.3 Å². The Bertz CT molecular complexity index is 1030. The largest absolute Gasteiger partial charge is 1.00 e. The van der Waals surface area contributed by atoms with Crippen LogP contribution >= 0.6 is 0 Å². The van der Waals surface area contributed by atoms with Gasteiger partial charge in [-0.2, -0.15) is 0 Å². The van der Waals surface area contributed by atoms with Crippen LogP contribution in [0.4, 0.5) is 34.1 Å². The van der Waals surface area contributed by atoms with E-state index in [2.05, 4.69) is 0 Å². The molecular weight excluding hydrogens is 693 g/mol. The Hall–Kier alpha value is -2.77. The number of nitro benzene ring substituents is 6. The summed E-state index contributed by atoms with van der Waals surface area (Å²) in [5, 5.41) is 82.3. The number of nitrogens with zero attached hydrogens (tertiary/aromatic N) is 6. The zero-order chi connectivity index (χ0) is 24.9. The molecule has 0 saturated heterocycles. The number of non-ortho nitro benzene ring substituents is 2. The summed E-state index contributed by atoms with van der Waals surface area (Å²) in [5.41, 5.74) is -6.27. The van der Waals surface area contributed by atoms with Gasteiger partial charge in [-0.3, -0.25) is 60.7 Å². The summed E-state index contributed by atoms with van der Waals surface area (Å²) < 4.78 is 0. The maximum absolute atomic E-state index is 11.1. The van der Waals surface area contributed by atoms with Crippen LogP contribution in [0.3, 0.4) is 0 Å². The first kappa shape index (κ1) is 33.4. The van der Waals surface area contributed by atoms with Gasteiger partial charge in [-0.15, -0.1) is 0 Å². The zero-order valence-corrected chi connectivity index (χ0v) is 23.8. The summed E-state index contributed by atoms with van der Waals surface area (Å²) in [5.74, 6) is -2.67. The van der Waals surface area contributed by atoms with E-state index in [1.54, 1.807) is 0 Å². The first-order valence-electron chi connectivity index (χ1n) is 7.27. The van der Waals surface area contributed by atoms with Crippen LogP contribution < -0.4 is 74.0 Å². The van der Waals surface area contributed by atoms with Gasteiger partial charge in [0.05, 0.1) is 59.6 Å². The SMILES string of the molecule is O=[N+]([O-])c1cc([N+](=O)[O-])c(O)c([N+](=O)[O-])c1.O=[N+]([O-])c1cc([N+](=O)[O-])c([O-])c([N+](=O)[O-])c1.[Ag].[Cs+]. The van der Waals surface area contributed by atoms with Gasteiger partial charge in [0.15, 0.2) is 0 Å². The number of aromatic hydroxyl groups is 1. The Morgan fingerprint density at radius 2 is 0.765 bits per heavy atom. The van der Waals surface area contributed by atoms with Crippen LogP contribution in [0, 0.1) is 60.7 Å². The molecule has 2 aromatic rings. The van der Waals surface area contributed by atoms with Crippen molar-refractivity contribution in [3.05, 3.63) is 85.0 Å². The molecule has 0 unspecified atom stereocenters. The maximum atomic E-state index is 11.1. The molecule has 0 aromatic heterocycles. The molecule has 1 N–H and O–H groups in total. The minimum atomic E-state index is -1.46. The quantitative estimate of drug-likeness (QED) is 0.206. The Balaban J connectivity index is 0. The van der Waals surface area contributed by atoms with Crippen molar-refractivity contribution < 1.29 is 131 Å². The van der Waals surface area contributed by atoms with Gasteiger partial charge >= 0.3 is 80.3 Å². The van der Waals surface area contributed by atoms with Crippen LogP contribution in [0.25, 0.3) is 0 Å². The van der Waals surface area contributed by atoms with E-state index in [9.17, 15) is 65.8 Å². The predicted octanol–water partition coefficient (Wildman–Crippen LogP) is -1.40. The molecule has 1 radical (unpaired) electrons. The Morgan fingerprint density at radius 3 is 0.971 bits per heavy atom. The van der Waals surface area contributed by atoms with Crippen molar-refractivity contribution in [3.63, 3.8) is 0 Å². The predicted molar refractivity (Wildman–Crippen MR) is 93.9 cm³/mol. The van der Waals surface area contributed by atoms with Gasteiger partial charge in [0.2, 0.25) is 0 Å². The second kappa shape index (κ2) is 13.8. The summed E-state index contributed by atoms with van der Waals surface area (Å²) in [7, 11) is 0. The fourth-order valence-electron chi connectivity index (χ4n) is 1.93. The van der Waals surface area contributed by atoms with E-state index >= 15 is 0 Å². The van der Waals surface area contributed by atoms with Gasteiger partial charge < -0.3 is 10.2 Å². The Morgan fingerprint density at radius 1 is 0.529 bits per heavy atom. The first-order valence-corrected chi connectivity index (χ1v) is 7.27. The Kier molecular flexibility index (Phi) is 13.6. The molecule has 0 aliphatic heterocycles. The summed E-state index contributed by atoms with van der Waals surface area (Å²) in [6.45, 7) is 0. The number of phenols is 1. The molecule has 0 heterocycles. The molecule has 2 aromatic carbocycles. The van der Waals surface area contributed by atoms with Crippen molar-refractivity contribution in [2.75, 3.05) is 0 Å². The van der Waals surface area contributed by atoms with Crippen molar-refractivity contribution in [1.82, 2.24) is 0 Å². The molecule has 0 amide bonds. The second-order valence-corrected chi connectivity index (χ2v) is 5.19. The number of rotatable bonds is 6. The van der Waals surface area contributed by atoms with Crippen molar-refractivity contribution in [1.29, 1.82) is 0 Å². The summed E-state index contributed by atoms with van der Waals surface area (Å²) >= 11 is 0. The van der Waals surface area contributed by atoms with Crippen LogP contribution in [0.1, 0.15) is 0 Å². The molecule has 0 atom stereocenters. The topological polar surface area (TPSA) is 302 Å². The molecule has 20 nitrogen and oxygen atoms in total. The van der Waals surface area contributed by atoms with Gasteiger partial charge in [-0.1, -0.05) is 0 Å². The Labute approximate surface area is 258 Å². The van der Waals surface area contributed by atoms with Crippen LogP contribution in [0.5, 0.6) is 11.5 Å². The van der Waals surface area contributed by atoms with Crippen molar-refractivity contribution in [3.8, 4) is 11.5 Å². The third kappa shape index (κ3) is 8.22. The van der Waals surface area contributed by atoms with E-state index < -0.39 is 75.2 Å². The van der Waals surface area contributed by atoms with Crippen LogP contribution in [0.15, 0.2) is 24.3 Å². The average molecular weight is 698 g/mol. The standard InChI is InChI=1S/2C6H3N3O7.Ag.Cs/c2*10-6-4(8(13)14)1-3(7(11)12)2-5(6)9(15)16;;/h2*1-2,10H;;/q;;;+1/p-1. The van der Waals surface area contributed by atoms with Crippen LogP contribution in [0.2, 0.25) is 0 Å². The van der Waals surface area contributed by atoms with Gasteiger partial charge in [-0.05, 0) is 0 Å². The van der Waals surface area contributed by atoms with Gasteiger partial charge in [-0.25, -0.2) is 0 Å². The fourth-order valence-corrected chi connectivity index (χ4v) is 1.93. The molecule has 0 saturated carbocycles. The summed E-state index contributed by atoms with van der Waals surface area (Å²) in [4.78, 5) is 55.3. The zero-order valence-electron chi connectivity index (χ0n) is 16.0. The molecule has 0 spiro atoms. The van der Waals surface area contributed by atoms with E-state index in [1.165, 1.54) is 0 Å². The van der Waals surface area contributed by atoms with E-state index in [0.717, 1.165) is 0 Å².